The van der Waals surface area contributed by atoms with E-state index in [1.165, 1.54) is 0 Å². The van der Waals surface area contributed by atoms with Crippen LogP contribution in [-0.2, 0) is 9.53 Å². The van der Waals surface area contributed by atoms with Crippen LogP contribution in [0.3, 0.4) is 0 Å². The predicted octanol–water partition coefficient (Wildman–Crippen LogP) is 0.609. The van der Waals surface area contributed by atoms with Crippen LogP contribution >= 0.6 is 0 Å². The average molecular weight is 226 g/mol. The number of hydrogen-bond donors (Lipinski definition) is 1. The summed E-state index contributed by atoms with van der Waals surface area (Å²) in [5, 5.41) is 0. The molecule has 4 heteroatoms. The maximum atomic E-state index is 12.3. The number of likely N-dealkylation sites (N-methyl/N-ethyl adjacent to an activating group) is 1. The zero-order valence-electron chi connectivity index (χ0n) is 10.0. The van der Waals surface area contributed by atoms with Crippen LogP contribution in [0, 0.1) is 11.8 Å². The maximum absolute atomic E-state index is 12.3. The molecule has 4 nitrogen and oxygen atoms in total. The van der Waals surface area contributed by atoms with E-state index < -0.39 is 0 Å². The van der Waals surface area contributed by atoms with Crippen LogP contribution in [0.5, 0.6) is 0 Å². The lowest BCUT2D eigenvalue weighted by molar-refractivity contribution is -0.137. The summed E-state index contributed by atoms with van der Waals surface area (Å²) in [5.41, 5.74) is 5.72. The molecule has 0 bridgehead atoms. The molecule has 1 amide bonds. The Hall–Kier alpha value is -0.610. The summed E-state index contributed by atoms with van der Waals surface area (Å²) >= 11 is 0. The van der Waals surface area contributed by atoms with Gasteiger partial charge in [-0.1, -0.05) is 6.42 Å². The fourth-order valence-corrected chi connectivity index (χ4v) is 2.91. The van der Waals surface area contributed by atoms with E-state index in [1.54, 1.807) is 0 Å². The number of rotatable bonds is 3. The lowest BCUT2D eigenvalue weighted by Gasteiger charge is -2.28. The average Bonchev–Trinajstić information content (AvgIpc) is 2.97. The van der Waals surface area contributed by atoms with E-state index >= 15 is 0 Å². The van der Waals surface area contributed by atoms with Gasteiger partial charge in [-0.15, -0.1) is 0 Å². The van der Waals surface area contributed by atoms with Crippen LogP contribution in [0.2, 0.25) is 0 Å². The van der Waals surface area contributed by atoms with E-state index in [4.69, 9.17) is 10.5 Å². The Morgan fingerprint density at radius 3 is 2.88 bits per heavy atom. The van der Waals surface area contributed by atoms with Crippen molar-refractivity contribution >= 4 is 5.91 Å². The molecular formula is C12H22N2O2. The van der Waals surface area contributed by atoms with Gasteiger partial charge in [-0.3, -0.25) is 4.79 Å². The van der Waals surface area contributed by atoms with Crippen molar-refractivity contribution in [1.29, 1.82) is 0 Å². The SMILES string of the molecule is CN(C(=O)C1CCCC1CN)C1CCOC1. The van der Waals surface area contributed by atoms with Gasteiger partial charge in [-0.2, -0.15) is 0 Å². The van der Waals surface area contributed by atoms with Gasteiger partial charge in [0.15, 0.2) is 0 Å². The second-order valence-electron chi connectivity index (χ2n) is 5.00. The minimum Gasteiger partial charge on any atom is -0.379 e. The van der Waals surface area contributed by atoms with Crippen LogP contribution in [-0.4, -0.2) is 43.7 Å². The molecule has 0 spiro atoms. The first kappa shape index (κ1) is 11.9. The first-order chi connectivity index (χ1) is 7.74. The van der Waals surface area contributed by atoms with Gasteiger partial charge in [-0.25, -0.2) is 0 Å². The third kappa shape index (κ3) is 2.23. The van der Waals surface area contributed by atoms with Crippen molar-refractivity contribution in [3.8, 4) is 0 Å². The molecule has 0 aromatic heterocycles. The zero-order chi connectivity index (χ0) is 11.5. The quantitative estimate of drug-likeness (QED) is 0.767. The lowest BCUT2D eigenvalue weighted by Crippen LogP contribution is -2.42. The zero-order valence-corrected chi connectivity index (χ0v) is 10.0. The van der Waals surface area contributed by atoms with Crippen LogP contribution in [0.4, 0.5) is 0 Å². The molecule has 2 N–H and O–H groups in total. The molecule has 2 rings (SSSR count). The van der Waals surface area contributed by atoms with Gasteiger partial charge >= 0.3 is 0 Å². The Labute approximate surface area is 97.1 Å². The van der Waals surface area contributed by atoms with Gasteiger partial charge < -0.3 is 15.4 Å². The van der Waals surface area contributed by atoms with Crippen molar-refractivity contribution in [2.24, 2.45) is 17.6 Å². The summed E-state index contributed by atoms with van der Waals surface area (Å²) in [4.78, 5) is 14.2. The molecule has 1 saturated carbocycles. The topological polar surface area (TPSA) is 55.6 Å². The largest absolute Gasteiger partial charge is 0.379 e. The van der Waals surface area contributed by atoms with Crippen molar-refractivity contribution < 1.29 is 9.53 Å². The highest BCUT2D eigenvalue weighted by molar-refractivity contribution is 5.79. The molecule has 0 aromatic rings. The van der Waals surface area contributed by atoms with Crippen molar-refractivity contribution in [3.63, 3.8) is 0 Å². The van der Waals surface area contributed by atoms with Crippen molar-refractivity contribution in [3.05, 3.63) is 0 Å². The second-order valence-corrected chi connectivity index (χ2v) is 5.00. The molecule has 0 radical (unpaired) electrons. The molecule has 3 unspecified atom stereocenters. The summed E-state index contributed by atoms with van der Waals surface area (Å²) in [7, 11) is 1.91. The number of nitrogens with two attached hydrogens (primary N) is 1. The monoisotopic (exact) mass is 226 g/mol. The standard InChI is InChI=1S/C12H22N2O2/c1-14(10-5-6-16-8-10)12(15)11-4-2-3-9(11)7-13/h9-11H,2-8,13H2,1H3. The third-order valence-electron chi connectivity index (χ3n) is 4.08. The second kappa shape index (κ2) is 5.15. The predicted molar refractivity (Wildman–Crippen MR) is 61.9 cm³/mol. The molecule has 0 aromatic carbocycles. The fraction of sp³-hybridized carbons (Fsp3) is 0.917. The van der Waals surface area contributed by atoms with Gasteiger partial charge in [0, 0.05) is 19.6 Å². The molecule has 2 fully saturated rings. The first-order valence-corrected chi connectivity index (χ1v) is 6.28. The van der Waals surface area contributed by atoms with Gasteiger partial charge in [0.1, 0.15) is 0 Å². The van der Waals surface area contributed by atoms with Gasteiger partial charge in [-0.05, 0) is 31.7 Å². The van der Waals surface area contributed by atoms with E-state index in [1.807, 2.05) is 11.9 Å². The highest BCUT2D eigenvalue weighted by Gasteiger charge is 2.36. The van der Waals surface area contributed by atoms with E-state index in [9.17, 15) is 4.79 Å². The minimum atomic E-state index is 0.163. The molecule has 92 valence electrons. The normalized spacial score (nSPS) is 34.2. The van der Waals surface area contributed by atoms with Gasteiger partial charge in [0.25, 0.3) is 0 Å². The van der Waals surface area contributed by atoms with E-state index in [-0.39, 0.29) is 17.9 Å². The molecule has 1 aliphatic heterocycles. The molecule has 1 aliphatic carbocycles. The van der Waals surface area contributed by atoms with Crippen molar-refractivity contribution in [2.45, 2.75) is 31.7 Å². The Morgan fingerprint density at radius 2 is 2.25 bits per heavy atom. The molecule has 2 aliphatic rings. The number of carbonyl (C=O) groups is 1. The Balaban J connectivity index is 1.95. The maximum Gasteiger partial charge on any atom is 0.226 e. The summed E-state index contributed by atoms with van der Waals surface area (Å²) in [6.45, 7) is 2.13. The molecule has 1 saturated heterocycles. The Morgan fingerprint density at radius 1 is 1.44 bits per heavy atom. The number of hydrogen-bond acceptors (Lipinski definition) is 3. The van der Waals surface area contributed by atoms with E-state index in [2.05, 4.69) is 0 Å². The molecule has 1 heterocycles. The van der Waals surface area contributed by atoms with E-state index in [0.29, 0.717) is 19.1 Å². The van der Waals surface area contributed by atoms with Crippen LogP contribution in [0.15, 0.2) is 0 Å². The van der Waals surface area contributed by atoms with Crippen LogP contribution < -0.4 is 5.73 Å². The smallest absolute Gasteiger partial charge is 0.226 e. The van der Waals surface area contributed by atoms with Crippen LogP contribution in [0.1, 0.15) is 25.7 Å². The molecular weight excluding hydrogens is 204 g/mol. The summed E-state index contributed by atoms with van der Waals surface area (Å²) in [6.07, 6.45) is 4.25. The minimum absolute atomic E-state index is 0.163. The van der Waals surface area contributed by atoms with Crippen molar-refractivity contribution in [2.75, 3.05) is 26.8 Å². The fourth-order valence-electron chi connectivity index (χ4n) is 2.91. The Bertz CT molecular complexity index is 251. The van der Waals surface area contributed by atoms with E-state index in [0.717, 1.165) is 32.3 Å². The highest BCUT2D eigenvalue weighted by Crippen LogP contribution is 2.32. The Kier molecular flexibility index (Phi) is 3.82. The first-order valence-electron chi connectivity index (χ1n) is 6.28. The molecule has 16 heavy (non-hydrogen) atoms. The third-order valence-corrected chi connectivity index (χ3v) is 4.08. The molecule has 3 atom stereocenters. The summed E-state index contributed by atoms with van der Waals surface area (Å²) in [6, 6.07) is 0.284. The van der Waals surface area contributed by atoms with Crippen LogP contribution in [0.25, 0.3) is 0 Å². The number of ether oxygens (including phenoxy) is 1. The number of amides is 1. The highest BCUT2D eigenvalue weighted by atomic mass is 16.5. The lowest BCUT2D eigenvalue weighted by atomic mass is 9.94. The summed E-state index contributed by atoms with van der Waals surface area (Å²) < 4.78 is 5.33. The van der Waals surface area contributed by atoms with Gasteiger partial charge in [0.05, 0.1) is 12.6 Å². The van der Waals surface area contributed by atoms with Crippen molar-refractivity contribution in [1.82, 2.24) is 4.90 Å². The number of carbonyl (C=O) groups excluding carboxylic acids is 1. The van der Waals surface area contributed by atoms with Gasteiger partial charge in [0.2, 0.25) is 5.91 Å². The summed E-state index contributed by atoms with van der Waals surface area (Å²) in [5.74, 6) is 0.844. The number of nitrogens with zero attached hydrogens (tertiary/aromatic N) is 1.